The molecule has 0 aliphatic rings. The Morgan fingerprint density at radius 1 is 0.862 bits per heavy atom. The number of hydrogen-bond donors (Lipinski definition) is 3. The number of rotatable bonds is 6. The summed E-state index contributed by atoms with van der Waals surface area (Å²) >= 11 is 0. The molecular weight excluding hydrogens is 362 g/mol. The molecular formula is C24H25N3O2. The molecule has 3 rings (SSSR count). The second kappa shape index (κ2) is 9.55. The predicted molar refractivity (Wildman–Crippen MR) is 117 cm³/mol. The summed E-state index contributed by atoms with van der Waals surface area (Å²) in [7, 11) is 0. The van der Waals surface area contributed by atoms with E-state index in [0.29, 0.717) is 17.8 Å². The second-order valence-corrected chi connectivity index (χ2v) is 7.00. The minimum atomic E-state index is -0.295. The van der Waals surface area contributed by atoms with Gasteiger partial charge < -0.3 is 16.0 Å². The minimum Gasteiger partial charge on any atom is -0.337 e. The zero-order chi connectivity index (χ0) is 20.6. The van der Waals surface area contributed by atoms with Crippen molar-refractivity contribution in [2.24, 2.45) is 0 Å². The highest BCUT2D eigenvalue weighted by Crippen LogP contribution is 2.19. The molecule has 148 valence electrons. The Morgan fingerprint density at radius 3 is 2.21 bits per heavy atom. The number of carbonyl (C=O) groups excluding carboxylic acids is 2. The van der Waals surface area contributed by atoms with Crippen molar-refractivity contribution < 1.29 is 9.59 Å². The molecule has 0 spiro atoms. The van der Waals surface area contributed by atoms with E-state index in [9.17, 15) is 9.59 Å². The molecule has 5 heteroatoms. The predicted octanol–water partition coefficient (Wildman–Crippen LogP) is 5.17. The number of amides is 3. The van der Waals surface area contributed by atoms with Gasteiger partial charge in [-0.15, -0.1) is 0 Å². The van der Waals surface area contributed by atoms with Crippen molar-refractivity contribution in [1.29, 1.82) is 0 Å². The van der Waals surface area contributed by atoms with Crippen LogP contribution in [-0.2, 0) is 0 Å². The molecule has 0 aliphatic carbocycles. The van der Waals surface area contributed by atoms with Gasteiger partial charge in [0.15, 0.2) is 0 Å². The highest BCUT2D eigenvalue weighted by atomic mass is 16.2. The molecule has 29 heavy (non-hydrogen) atoms. The lowest BCUT2D eigenvalue weighted by Gasteiger charge is -2.15. The molecule has 3 amide bonds. The summed E-state index contributed by atoms with van der Waals surface area (Å²) in [6.07, 6.45) is 0. The van der Waals surface area contributed by atoms with E-state index in [0.717, 1.165) is 11.3 Å². The van der Waals surface area contributed by atoms with Gasteiger partial charge in [-0.25, -0.2) is 4.79 Å². The third kappa shape index (κ3) is 5.69. The number of nitrogens with one attached hydrogen (secondary N) is 3. The normalized spacial score (nSPS) is 11.4. The van der Waals surface area contributed by atoms with Crippen LogP contribution in [0.2, 0.25) is 0 Å². The van der Waals surface area contributed by atoms with E-state index in [-0.39, 0.29) is 17.9 Å². The molecule has 0 radical (unpaired) electrons. The molecule has 0 fully saturated rings. The van der Waals surface area contributed by atoms with Gasteiger partial charge in [-0.3, -0.25) is 4.79 Å². The van der Waals surface area contributed by atoms with Crippen molar-refractivity contribution in [1.82, 2.24) is 5.32 Å². The van der Waals surface area contributed by atoms with Gasteiger partial charge in [0.05, 0.1) is 0 Å². The molecule has 3 aromatic carbocycles. The Balaban J connectivity index is 1.60. The first-order chi connectivity index (χ1) is 14.0. The van der Waals surface area contributed by atoms with Gasteiger partial charge in [0.2, 0.25) is 0 Å². The summed E-state index contributed by atoms with van der Waals surface area (Å²) in [6, 6.07) is 24.3. The molecule has 0 saturated heterocycles. The summed E-state index contributed by atoms with van der Waals surface area (Å²) in [5.41, 5.74) is 3.86. The number of aryl methyl sites for hydroxylation is 1. The van der Waals surface area contributed by atoms with Crippen LogP contribution in [-0.4, -0.2) is 18.5 Å². The van der Waals surface area contributed by atoms with Crippen LogP contribution in [0.4, 0.5) is 16.2 Å². The zero-order valence-corrected chi connectivity index (χ0v) is 16.6. The fraction of sp³-hybridized carbons (Fsp3) is 0.167. The van der Waals surface area contributed by atoms with Crippen LogP contribution in [0.25, 0.3) is 0 Å². The molecule has 1 atom stereocenters. The Morgan fingerprint density at radius 2 is 1.52 bits per heavy atom. The maximum atomic E-state index is 12.5. The average molecular weight is 387 g/mol. The quantitative estimate of drug-likeness (QED) is 0.546. The highest BCUT2D eigenvalue weighted by Gasteiger charge is 2.12. The van der Waals surface area contributed by atoms with Gasteiger partial charge in [-0.05, 0) is 48.2 Å². The first kappa shape index (κ1) is 20.1. The average Bonchev–Trinajstić information content (AvgIpc) is 2.75. The van der Waals surface area contributed by atoms with Crippen molar-refractivity contribution in [2.75, 3.05) is 17.2 Å². The third-order valence-electron chi connectivity index (χ3n) is 4.72. The third-order valence-corrected chi connectivity index (χ3v) is 4.72. The first-order valence-corrected chi connectivity index (χ1v) is 9.60. The van der Waals surface area contributed by atoms with Gasteiger partial charge in [-0.1, -0.05) is 61.5 Å². The number of carbonyl (C=O) groups is 2. The van der Waals surface area contributed by atoms with E-state index < -0.39 is 0 Å². The Hall–Kier alpha value is -3.60. The number of para-hydroxylation sites is 1. The van der Waals surface area contributed by atoms with Crippen LogP contribution < -0.4 is 16.0 Å². The molecule has 0 bridgehead atoms. The van der Waals surface area contributed by atoms with E-state index in [1.807, 2.05) is 73.7 Å². The van der Waals surface area contributed by atoms with Gasteiger partial charge in [0, 0.05) is 23.5 Å². The maximum Gasteiger partial charge on any atom is 0.319 e. The summed E-state index contributed by atoms with van der Waals surface area (Å²) < 4.78 is 0. The fourth-order valence-corrected chi connectivity index (χ4v) is 2.93. The van der Waals surface area contributed by atoms with Crippen molar-refractivity contribution in [3.8, 4) is 0 Å². The summed E-state index contributed by atoms with van der Waals surface area (Å²) in [6.45, 7) is 4.47. The van der Waals surface area contributed by atoms with Crippen LogP contribution in [0, 0.1) is 6.92 Å². The van der Waals surface area contributed by atoms with Crippen molar-refractivity contribution >= 4 is 23.3 Å². The van der Waals surface area contributed by atoms with E-state index >= 15 is 0 Å². The van der Waals surface area contributed by atoms with Gasteiger partial charge in [0.1, 0.15) is 0 Å². The summed E-state index contributed by atoms with van der Waals surface area (Å²) in [5, 5.41) is 8.59. The van der Waals surface area contributed by atoms with Gasteiger partial charge >= 0.3 is 6.03 Å². The van der Waals surface area contributed by atoms with Crippen molar-refractivity contribution in [3.05, 3.63) is 95.6 Å². The Labute approximate surface area is 171 Å². The SMILES string of the molecule is Cc1ccc(C(=O)Nc2ccccc2)cc1NC(=O)NCC(C)c1ccccc1. The second-order valence-electron chi connectivity index (χ2n) is 7.00. The van der Waals surface area contributed by atoms with Crippen molar-refractivity contribution in [2.45, 2.75) is 19.8 Å². The summed E-state index contributed by atoms with van der Waals surface area (Å²) in [4.78, 5) is 24.8. The number of anilines is 2. The molecule has 5 nitrogen and oxygen atoms in total. The standard InChI is InChI=1S/C24H25N3O2/c1-17-13-14-20(23(28)26-21-11-7-4-8-12-21)15-22(17)27-24(29)25-16-18(2)19-9-5-3-6-10-19/h3-15,18H,16H2,1-2H3,(H,26,28)(H2,25,27,29). The molecule has 0 saturated carbocycles. The smallest absolute Gasteiger partial charge is 0.319 e. The van der Waals surface area contributed by atoms with Crippen LogP contribution in [0.3, 0.4) is 0 Å². The maximum absolute atomic E-state index is 12.5. The lowest BCUT2D eigenvalue weighted by Crippen LogP contribution is -2.32. The van der Waals surface area contributed by atoms with Crippen LogP contribution >= 0.6 is 0 Å². The zero-order valence-electron chi connectivity index (χ0n) is 16.6. The molecule has 0 heterocycles. The van der Waals surface area contributed by atoms with E-state index in [1.54, 1.807) is 12.1 Å². The monoisotopic (exact) mass is 387 g/mol. The number of benzene rings is 3. The Kier molecular flexibility index (Phi) is 6.63. The molecule has 1 unspecified atom stereocenters. The number of hydrogen-bond acceptors (Lipinski definition) is 2. The molecule has 3 aromatic rings. The van der Waals surface area contributed by atoms with Crippen molar-refractivity contribution in [3.63, 3.8) is 0 Å². The largest absolute Gasteiger partial charge is 0.337 e. The lowest BCUT2D eigenvalue weighted by atomic mass is 10.0. The van der Waals surface area contributed by atoms with Crippen LogP contribution in [0.5, 0.6) is 0 Å². The fourth-order valence-electron chi connectivity index (χ4n) is 2.93. The number of urea groups is 1. The summed E-state index contributed by atoms with van der Waals surface area (Å²) in [5.74, 6) is -0.0246. The van der Waals surface area contributed by atoms with E-state index in [2.05, 4.69) is 22.9 Å². The lowest BCUT2D eigenvalue weighted by molar-refractivity contribution is 0.102. The highest BCUT2D eigenvalue weighted by molar-refractivity contribution is 6.05. The topological polar surface area (TPSA) is 70.2 Å². The first-order valence-electron chi connectivity index (χ1n) is 9.60. The van der Waals surface area contributed by atoms with E-state index in [1.165, 1.54) is 5.56 Å². The molecule has 0 aromatic heterocycles. The molecule has 3 N–H and O–H groups in total. The van der Waals surface area contributed by atoms with E-state index in [4.69, 9.17) is 0 Å². The van der Waals surface area contributed by atoms with Crippen LogP contribution in [0.15, 0.2) is 78.9 Å². The van der Waals surface area contributed by atoms with Crippen LogP contribution in [0.1, 0.15) is 34.3 Å². The molecule has 0 aliphatic heterocycles. The Bertz CT molecular complexity index is 972. The van der Waals surface area contributed by atoms with Gasteiger partial charge in [-0.2, -0.15) is 0 Å². The minimum absolute atomic E-state index is 0.200. The van der Waals surface area contributed by atoms with Gasteiger partial charge in [0.25, 0.3) is 5.91 Å².